The van der Waals surface area contributed by atoms with Gasteiger partial charge in [-0.1, -0.05) is 0 Å². The minimum absolute atomic E-state index is 0.227. The lowest BCUT2D eigenvalue weighted by molar-refractivity contribution is 0.0842. The predicted molar refractivity (Wildman–Crippen MR) is 77.3 cm³/mol. The number of rotatable bonds is 4. The number of hydrogen-bond acceptors (Lipinski definition) is 5. The van der Waals surface area contributed by atoms with Crippen LogP contribution in [0.15, 0.2) is 24.7 Å². The van der Waals surface area contributed by atoms with Crippen LogP contribution in [0.2, 0.25) is 0 Å². The molecule has 24 heavy (non-hydrogen) atoms. The topological polar surface area (TPSA) is 65.2 Å². The van der Waals surface area contributed by atoms with Crippen molar-refractivity contribution in [3.05, 3.63) is 36.3 Å². The van der Waals surface area contributed by atoms with E-state index < -0.39 is 17.7 Å². The molecule has 1 saturated carbocycles. The maximum absolute atomic E-state index is 14.1. The largest absolute Gasteiger partial charge is 0.475 e. The molecule has 0 amide bonds. The van der Waals surface area contributed by atoms with Gasteiger partial charge in [-0.05, 0) is 13.0 Å². The third kappa shape index (κ3) is 2.55. The van der Waals surface area contributed by atoms with Gasteiger partial charge in [-0.2, -0.15) is 0 Å². The van der Waals surface area contributed by atoms with Crippen molar-refractivity contribution < 1.29 is 17.9 Å². The summed E-state index contributed by atoms with van der Waals surface area (Å²) in [6.07, 6.45) is 4.35. The first kappa shape index (κ1) is 14.9. The highest BCUT2D eigenvalue weighted by Crippen LogP contribution is 2.48. The number of nitrogens with zero attached hydrogens (tertiary/aromatic N) is 5. The van der Waals surface area contributed by atoms with Gasteiger partial charge in [0.1, 0.15) is 5.82 Å². The first-order chi connectivity index (χ1) is 11.4. The lowest BCUT2D eigenvalue weighted by Crippen LogP contribution is -2.07. The standard InChI is InChI=1S/C15H12F3N5O/c1-8-21-22-13-5-19-12(6-23(8)13)9-2-11(16)14(20-4-9)24-7-10-3-15(10,17)18/h2,4-6,10H,3,7H2,1H3/t10-/m0/s1. The average molecular weight is 335 g/mol. The van der Waals surface area contributed by atoms with Gasteiger partial charge in [-0.3, -0.25) is 9.38 Å². The predicted octanol–water partition coefficient (Wildman–Crippen LogP) is 2.67. The van der Waals surface area contributed by atoms with Crippen LogP contribution in [-0.2, 0) is 0 Å². The van der Waals surface area contributed by atoms with Gasteiger partial charge in [0.25, 0.3) is 5.92 Å². The molecule has 6 nitrogen and oxygen atoms in total. The Balaban J connectivity index is 1.57. The first-order valence-corrected chi connectivity index (χ1v) is 7.28. The van der Waals surface area contributed by atoms with Crippen molar-refractivity contribution in [3.63, 3.8) is 0 Å². The van der Waals surface area contributed by atoms with Crippen LogP contribution in [0.1, 0.15) is 12.2 Å². The molecule has 0 spiro atoms. The molecule has 3 aromatic rings. The Labute approximate surface area is 134 Å². The summed E-state index contributed by atoms with van der Waals surface area (Å²) in [5, 5.41) is 7.85. The summed E-state index contributed by atoms with van der Waals surface area (Å²) in [6.45, 7) is 1.54. The molecule has 0 N–H and O–H groups in total. The van der Waals surface area contributed by atoms with Crippen molar-refractivity contribution in [2.24, 2.45) is 5.92 Å². The van der Waals surface area contributed by atoms with Crippen molar-refractivity contribution in [2.45, 2.75) is 19.3 Å². The van der Waals surface area contributed by atoms with E-state index in [0.717, 1.165) is 0 Å². The highest BCUT2D eigenvalue weighted by molar-refractivity contribution is 5.59. The van der Waals surface area contributed by atoms with Crippen LogP contribution in [0.5, 0.6) is 5.88 Å². The molecule has 9 heteroatoms. The third-order valence-electron chi connectivity index (χ3n) is 3.94. The molecular formula is C15H12F3N5O. The molecule has 3 aromatic heterocycles. The van der Waals surface area contributed by atoms with Gasteiger partial charge in [-0.25, -0.2) is 18.2 Å². The molecular weight excluding hydrogens is 323 g/mol. The van der Waals surface area contributed by atoms with E-state index in [-0.39, 0.29) is 18.9 Å². The first-order valence-electron chi connectivity index (χ1n) is 7.28. The summed E-state index contributed by atoms with van der Waals surface area (Å²) in [4.78, 5) is 8.06. The monoisotopic (exact) mass is 335 g/mol. The molecule has 3 heterocycles. The van der Waals surface area contributed by atoms with Crippen molar-refractivity contribution in [2.75, 3.05) is 6.61 Å². The normalized spacial score (nSPS) is 18.8. The van der Waals surface area contributed by atoms with Gasteiger partial charge in [0.2, 0.25) is 5.88 Å². The van der Waals surface area contributed by atoms with Gasteiger partial charge in [-0.15, -0.1) is 10.2 Å². The fraction of sp³-hybridized carbons (Fsp3) is 0.333. The van der Waals surface area contributed by atoms with Crippen molar-refractivity contribution in [1.82, 2.24) is 24.6 Å². The molecule has 1 atom stereocenters. The number of hydrogen-bond donors (Lipinski definition) is 0. The Hall–Kier alpha value is -2.71. The molecule has 4 rings (SSSR count). The molecule has 124 valence electrons. The number of aryl methyl sites for hydroxylation is 1. The van der Waals surface area contributed by atoms with Crippen LogP contribution in [0, 0.1) is 18.7 Å². The lowest BCUT2D eigenvalue weighted by atomic mass is 10.2. The van der Waals surface area contributed by atoms with Crippen LogP contribution < -0.4 is 4.74 Å². The zero-order chi connectivity index (χ0) is 16.9. The van der Waals surface area contributed by atoms with E-state index >= 15 is 0 Å². The summed E-state index contributed by atoms with van der Waals surface area (Å²) >= 11 is 0. The van der Waals surface area contributed by atoms with Crippen molar-refractivity contribution in [1.29, 1.82) is 0 Å². The third-order valence-corrected chi connectivity index (χ3v) is 3.94. The fourth-order valence-electron chi connectivity index (χ4n) is 2.37. The molecule has 0 aliphatic heterocycles. The number of fused-ring (bicyclic) bond motifs is 1. The van der Waals surface area contributed by atoms with E-state index in [1.807, 2.05) is 0 Å². The number of pyridine rings is 1. The Bertz CT molecular complexity index is 927. The van der Waals surface area contributed by atoms with Gasteiger partial charge in [0, 0.05) is 24.4 Å². The molecule has 0 radical (unpaired) electrons. The van der Waals surface area contributed by atoms with Gasteiger partial charge in [0.15, 0.2) is 11.5 Å². The smallest absolute Gasteiger partial charge is 0.255 e. The van der Waals surface area contributed by atoms with Crippen LogP contribution in [0.3, 0.4) is 0 Å². The minimum atomic E-state index is -2.70. The number of aromatic nitrogens is 5. The highest BCUT2D eigenvalue weighted by Gasteiger charge is 2.57. The summed E-state index contributed by atoms with van der Waals surface area (Å²) in [5.41, 5.74) is 1.50. The van der Waals surface area contributed by atoms with Crippen LogP contribution >= 0.6 is 0 Å². The number of ether oxygens (including phenoxy) is 1. The van der Waals surface area contributed by atoms with Gasteiger partial charge in [0.05, 0.1) is 24.4 Å². The maximum Gasteiger partial charge on any atom is 0.255 e. The highest BCUT2D eigenvalue weighted by atomic mass is 19.3. The second-order valence-corrected chi connectivity index (χ2v) is 5.73. The Morgan fingerprint density at radius 1 is 1.29 bits per heavy atom. The lowest BCUT2D eigenvalue weighted by Gasteiger charge is -2.07. The Morgan fingerprint density at radius 2 is 2.08 bits per heavy atom. The summed E-state index contributed by atoms with van der Waals surface area (Å²) in [6, 6.07) is 1.21. The Kier molecular flexibility index (Phi) is 3.19. The van der Waals surface area contributed by atoms with Crippen LogP contribution in [-0.4, -0.2) is 37.1 Å². The van der Waals surface area contributed by atoms with Crippen molar-refractivity contribution in [3.8, 4) is 17.1 Å². The second kappa shape index (κ2) is 5.15. The number of halogens is 3. The average Bonchev–Trinajstić information content (AvgIpc) is 3.00. The molecule has 1 fully saturated rings. The zero-order valence-electron chi connectivity index (χ0n) is 12.6. The summed E-state index contributed by atoms with van der Waals surface area (Å²) < 4.78 is 46.5. The maximum atomic E-state index is 14.1. The van der Waals surface area contributed by atoms with E-state index in [4.69, 9.17) is 4.74 Å². The molecule has 1 aliphatic carbocycles. The van der Waals surface area contributed by atoms with Gasteiger partial charge >= 0.3 is 0 Å². The van der Waals surface area contributed by atoms with E-state index in [2.05, 4.69) is 20.2 Å². The van der Waals surface area contributed by atoms with Crippen LogP contribution in [0.25, 0.3) is 16.9 Å². The van der Waals surface area contributed by atoms with Gasteiger partial charge < -0.3 is 4.74 Å². The van der Waals surface area contributed by atoms with E-state index in [1.165, 1.54) is 18.5 Å². The summed E-state index contributed by atoms with van der Waals surface area (Å²) in [5.74, 6) is -3.90. The SMILES string of the molecule is Cc1nnc2cnc(-c3cnc(OC[C@@H]4CC4(F)F)c(F)c3)cn12. The fourth-order valence-corrected chi connectivity index (χ4v) is 2.37. The molecule has 1 aliphatic rings. The van der Waals surface area contributed by atoms with Crippen LogP contribution in [0.4, 0.5) is 13.2 Å². The number of alkyl halides is 2. The molecule has 0 saturated heterocycles. The van der Waals surface area contributed by atoms with E-state index in [9.17, 15) is 13.2 Å². The van der Waals surface area contributed by atoms with E-state index in [1.54, 1.807) is 17.5 Å². The molecule has 0 bridgehead atoms. The second-order valence-electron chi connectivity index (χ2n) is 5.73. The Morgan fingerprint density at radius 3 is 2.79 bits per heavy atom. The quantitative estimate of drug-likeness (QED) is 0.733. The summed E-state index contributed by atoms with van der Waals surface area (Å²) in [7, 11) is 0. The minimum Gasteiger partial charge on any atom is -0.475 e. The zero-order valence-corrected chi connectivity index (χ0v) is 12.6. The van der Waals surface area contributed by atoms with Crippen molar-refractivity contribution >= 4 is 5.65 Å². The van der Waals surface area contributed by atoms with E-state index in [0.29, 0.717) is 22.7 Å². The molecule has 0 aromatic carbocycles. The molecule has 0 unspecified atom stereocenters.